The Morgan fingerprint density at radius 3 is 2.47 bits per heavy atom. The maximum Gasteiger partial charge on any atom is 0.0651 e. The second-order valence-electron chi connectivity index (χ2n) is 5.43. The molecule has 19 heavy (non-hydrogen) atoms. The summed E-state index contributed by atoms with van der Waals surface area (Å²) in [6.45, 7) is 9.30. The molecule has 0 aliphatic heterocycles. The highest BCUT2D eigenvalue weighted by atomic mass is 15.3. The topological polar surface area (TPSA) is 43.8 Å². The molecule has 1 heterocycles. The Morgan fingerprint density at radius 2 is 1.89 bits per heavy atom. The van der Waals surface area contributed by atoms with Crippen molar-refractivity contribution in [1.29, 1.82) is 0 Å². The van der Waals surface area contributed by atoms with Gasteiger partial charge < -0.3 is 5.73 Å². The van der Waals surface area contributed by atoms with E-state index < -0.39 is 0 Å². The third kappa shape index (κ3) is 2.87. The number of nitrogens with zero attached hydrogens (tertiary/aromatic N) is 2. The van der Waals surface area contributed by atoms with Gasteiger partial charge in [0.1, 0.15) is 0 Å². The van der Waals surface area contributed by atoms with Gasteiger partial charge in [-0.05, 0) is 55.6 Å². The van der Waals surface area contributed by atoms with E-state index in [-0.39, 0.29) is 0 Å². The van der Waals surface area contributed by atoms with E-state index in [1.165, 1.54) is 16.8 Å². The molecule has 1 aromatic heterocycles. The lowest BCUT2D eigenvalue weighted by Gasteiger charge is -2.11. The highest BCUT2D eigenvalue weighted by molar-refractivity contribution is 5.41. The highest BCUT2D eigenvalue weighted by Crippen LogP contribution is 2.22. The summed E-state index contributed by atoms with van der Waals surface area (Å²) in [6, 6.07) is 8.65. The van der Waals surface area contributed by atoms with E-state index in [9.17, 15) is 0 Å². The molecule has 0 bridgehead atoms. The Bertz CT molecular complexity index is 567. The zero-order valence-corrected chi connectivity index (χ0v) is 12.3. The molecule has 2 rings (SSSR count). The van der Waals surface area contributed by atoms with Gasteiger partial charge in [-0.25, -0.2) is 4.68 Å². The standard InChI is InChI=1S/C16H23N3/c1-11(2)16-10-14(7-8-17)18-19(16)15-6-5-12(3)13(4)9-15/h5-6,9-11H,7-8,17H2,1-4H3. The molecule has 0 aliphatic rings. The van der Waals surface area contributed by atoms with Crippen molar-refractivity contribution in [3.05, 3.63) is 46.8 Å². The van der Waals surface area contributed by atoms with Gasteiger partial charge in [0, 0.05) is 12.1 Å². The maximum absolute atomic E-state index is 5.63. The third-order valence-corrected chi connectivity index (χ3v) is 3.51. The Balaban J connectivity index is 2.49. The Morgan fingerprint density at radius 1 is 1.16 bits per heavy atom. The minimum Gasteiger partial charge on any atom is -0.330 e. The van der Waals surface area contributed by atoms with Gasteiger partial charge in [-0.1, -0.05) is 19.9 Å². The number of rotatable bonds is 4. The van der Waals surface area contributed by atoms with Crippen molar-refractivity contribution in [2.75, 3.05) is 6.54 Å². The van der Waals surface area contributed by atoms with Gasteiger partial charge in [0.05, 0.1) is 11.4 Å². The SMILES string of the molecule is Cc1ccc(-n2nc(CCN)cc2C(C)C)cc1C. The summed E-state index contributed by atoms with van der Waals surface area (Å²) < 4.78 is 2.06. The van der Waals surface area contributed by atoms with Crippen LogP contribution in [0.3, 0.4) is 0 Å². The van der Waals surface area contributed by atoms with Crippen LogP contribution in [0.4, 0.5) is 0 Å². The number of hydrogen-bond donors (Lipinski definition) is 1. The molecule has 0 fully saturated rings. The second-order valence-corrected chi connectivity index (χ2v) is 5.43. The molecule has 0 amide bonds. The first-order chi connectivity index (χ1) is 9.02. The number of aromatic nitrogens is 2. The van der Waals surface area contributed by atoms with Crippen LogP contribution in [0, 0.1) is 13.8 Å². The van der Waals surface area contributed by atoms with Crippen molar-refractivity contribution in [1.82, 2.24) is 9.78 Å². The molecular formula is C16H23N3. The summed E-state index contributed by atoms with van der Waals surface area (Å²) in [4.78, 5) is 0. The first-order valence-corrected chi connectivity index (χ1v) is 6.89. The first kappa shape index (κ1) is 13.8. The van der Waals surface area contributed by atoms with Crippen LogP contribution in [0.2, 0.25) is 0 Å². The smallest absolute Gasteiger partial charge is 0.0651 e. The number of nitrogens with two attached hydrogens (primary N) is 1. The van der Waals surface area contributed by atoms with Crippen LogP contribution in [0.25, 0.3) is 5.69 Å². The third-order valence-electron chi connectivity index (χ3n) is 3.51. The van der Waals surface area contributed by atoms with E-state index in [4.69, 9.17) is 10.8 Å². The molecule has 0 aliphatic carbocycles. The van der Waals surface area contributed by atoms with Gasteiger partial charge in [0.15, 0.2) is 0 Å². The molecule has 2 aromatic rings. The predicted octanol–water partition coefficient (Wildman–Crippen LogP) is 3.11. The Hall–Kier alpha value is -1.61. The first-order valence-electron chi connectivity index (χ1n) is 6.89. The fourth-order valence-corrected chi connectivity index (χ4v) is 2.19. The molecular weight excluding hydrogens is 234 g/mol. The van der Waals surface area contributed by atoms with E-state index in [0.29, 0.717) is 12.5 Å². The number of hydrogen-bond acceptors (Lipinski definition) is 2. The van der Waals surface area contributed by atoms with Crippen LogP contribution in [-0.2, 0) is 6.42 Å². The number of aryl methyl sites for hydroxylation is 2. The van der Waals surface area contributed by atoms with Crippen LogP contribution < -0.4 is 5.73 Å². The molecule has 0 saturated carbocycles. The quantitative estimate of drug-likeness (QED) is 0.914. The lowest BCUT2D eigenvalue weighted by atomic mass is 10.1. The molecule has 0 atom stereocenters. The normalized spacial score (nSPS) is 11.3. The van der Waals surface area contributed by atoms with E-state index in [0.717, 1.165) is 17.8 Å². The highest BCUT2D eigenvalue weighted by Gasteiger charge is 2.12. The minimum absolute atomic E-state index is 0.445. The summed E-state index contributed by atoms with van der Waals surface area (Å²) in [5, 5.41) is 4.70. The Labute approximate surface area is 115 Å². The van der Waals surface area contributed by atoms with Crippen LogP contribution in [0.15, 0.2) is 24.3 Å². The lowest BCUT2D eigenvalue weighted by molar-refractivity contribution is 0.725. The number of benzene rings is 1. The van der Waals surface area contributed by atoms with Gasteiger partial charge in [0.25, 0.3) is 0 Å². The van der Waals surface area contributed by atoms with Gasteiger partial charge >= 0.3 is 0 Å². The zero-order chi connectivity index (χ0) is 14.0. The van der Waals surface area contributed by atoms with Crippen molar-refractivity contribution in [2.24, 2.45) is 5.73 Å². The summed E-state index contributed by atoms with van der Waals surface area (Å²) in [6.07, 6.45) is 0.831. The van der Waals surface area contributed by atoms with Crippen LogP contribution in [0.5, 0.6) is 0 Å². The van der Waals surface area contributed by atoms with E-state index in [2.05, 4.69) is 56.6 Å². The van der Waals surface area contributed by atoms with Crippen molar-refractivity contribution in [3.8, 4) is 5.69 Å². The van der Waals surface area contributed by atoms with Crippen LogP contribution in [0.1, 0.15) is 42.3 Å². The van der Waals surface area contributed by atoms with Crippen molar-refractivity contribution in [3.63, 3.8) is 0 Å². The molecule has 3 nitrogen and oxygen atoms in total. The van der Waals surface area contributed by atoms with Crippen molar-refractivity contribution < 1.29 is 0 Å². The molecule has 0 radical (unpaired) electrons. The van der Waals surface area contributed by atoms with Gasteiger partial charge in [-0.3, -0.25) is 0 Å². The lowest BCUT2D eigenvalue weighted by Crippen LogP contribution is -2.06. The second kappa shape index (κ2) is 5.57. The van der Waals surface area contributed by atoms with Gasteiger partial charge in [0.2, 0.25) is 0 Å². The molecule has 1 aromatic carbocycles. The molecule has 0 saturated heterocycles. The Kier molecular flexibility index (Phi) is 4.05. The largest absolute Gasteiger partial charge is 0.330 e. The van der Waals surface area contributed by atoms with E-state index in [1.54, 1.807) is 0 Å². The van der Waals surface area contributed by atoms with Crippen molar-refractivity contribution in [2.45, 2.75) is 40.0 Å². The van der Waals surface area contributed by atoms with Crippen molar-refractivity contribution >= 4 is 0 Å². The predicted molar refractivity (Wildman–Crippen MR) is 79.9 cm³/mol. The fraction of sp³-hybridized carbons (Fsp3) is 0.438. The van der Waals surface area contributed by atoms with Gasteiger partial charge in [-0.15, -0.1) is 0 Å². The maximum atomic E-state index is 5.63. The molecule has 3 heteroatoms. The van der Waals surface area contributed by atoms with Gasteiger partial charge in [-0.2, -0.15) is 5.10 Å². The summed E-state index contributed by atoms with van der Waals surface area (Å²) in [5.41, 5.74) is 11.7. The van der Waals surface area contributed by atoms with E-state index >= 15 is 0 Å². The average molecular weight is 257 g/mol. The van der Waals surface area contributed by atoms with Crippen LogP contribution in [-0.4, -0.2) is 16.3 Å². The van der Waals surface area contributed by atoms with E-state index in [1.807, 2.05) is 0 Å². The molecule has 0 spiro atoms. The molecule has 2 N–H and O–H groups in total. The molecule has 102 valence electrons. The summed E-state index contributed by atoms with van der Waals surface area (Å²) in [7, 11) is 0. The van der Waals surface area contributed by atoms with Crippen LogP contribution >= 0.6 is 0 Å². The minimum atomic E-state index is 0.445. The average Bonchev–Trinajstić information content (AvgIpc) is 2.77. The summed E-state index contributed by atoms with van der Waals surface area (Å²) in [5.74, 6) is 0.445. The zero-order valence-electron chi connectivity index (χ0n) is 12.3. The monoisotopic (exact) mass is 257 g/mol. The fourth-order valence-electron chi connectivity index (χ4n) is 2.19. The molecule has 0 unspecified atom stereocenters. The summed E-state index contributed by atoms with van der Waals surface area (Å²) >= 11 is 0.